The molecule has 2 aliphatic rings. The van der Waals surface area contributed by atoms with Gasteiger partial charge < -0.3 is 16.2 Å². The molecule has 64 valence electrons. The molecule has 7 heteroatoms. The van der Waals surface area contributed by atoms with Gasteiger partial charge in [-0.05, 0) is 0 Å². The van der Waals surface area contributed by atoms with Crippen LogP contribution in [-0.4, -0.2) is 35.2 Å². The summed E-state index contributed by atoms with van der Waals surface area (Å²) >= 11 is 0. The van der Waals surface area contributed by atoms with Crippen LogP contribution in [0.1, 0.15) is 0 Å². The van der Waals surface area contributed by atoms with Gasteiger partial charge in [-0.3, -0.25) is 10.1 Å². The summed E-state index contributed by atoms with van der Waals surface area (Å²) in [7, 11) is 0. The van der Waals surface area contributed by atoms with Crippen molar-refractivity contribution in [3.63, 3.8) is 0 Å². The molecule has 0 aliphatic carbocycles. The first-order valence-corrected chi connectivity index (χ1v) is 3.29. The van der Waals surface area contributed by atoms with Crippen LogP contribution in [0, 0.1) is 0 Å². The number of guanidine groups is 1. The van der Waals surface area contributed by atoms with Gasteiger partial charge in [0.1, 0.15) is 0 Å². The second-order valence-electron chi connectivity index (χ2n) is 2.53. The lowest BCUT2D eigenvalue weighted by Crippen LogP contribution is -2.64. The van der Waals surface area contributed by atoms with Crippen molar-refractivity contribution in [2.45, 2.75) is 11.9 Å². The Labute approximate surface area is 67.4 Å². The molecule has 2 heterocycles. The highest BCUT2D eigenvalue weighted by molar-refractivity contribution is 6.04. The van der Waals surface area contributed by atoms with E-state index in [1.54, 1.807) is 0 Å². The fraction of sp³-hybridized carbons (Fsp3) is 0.400. The summed E-state index contributed by atoms with van der Waals surface area (Å²) in [6.07, 6.45) is 0.359. The molecule has 5 N–H and O–H groups in total. The molecule has 0 spiro atoms. The largest absolute Gasteiger partial charge is 0.370 e. The highest BCUT2D eigenvalue weighted by Gasteiger charge is 2.49. The van der Waals surface area contributed by atoms with E-state index >= 15 is 0 Å². The minimum Gasteiger partial charge on any atom is -0.370 e. The van der Waals surface area contributed by atoms with Crippen LogP contribution in [0.25, 0.3) is 0 Å². The number of rotatable bonds is 0. The average molecular weight is 169 g/mol. The summed E-state index contributed by atoms with van der Waals surface area (Å²) in [6.45, 7) is 0. The molecular formula is C5H7N5O2. The van der Waals surface area contributed by atoms with Gasteiger partial charge in [-0.25, -0.2) is 9.98 Å². The SMILES string of the molecule is NC1=N[C@@H]2N=CN[C@@]2(O)C(=O)N1. The van der Waals surface area contributed by atoms with Gasteiger partial charge in [0.15, 0.2) is 5.96 Å². The van der Waals surface area contributed by atoms with E-state index < -0.39 is 17.8 Å². The number of amides is 1. The van der Waals surface area contributed by atoms with Crippen molar-refractivity contribution in [2.75, 3.05) is 0 Å². The Balaban J connectivity index is 2.41. The minimum absolute atomic E-state index is 0.0319. The number of hydrogen-bond acceptors (Lipinski definition) is 6. The molecule has 1 amide bonds. The Bertz CT molecular complexity index is 298. The van der Waals surface area contributed by atoms with Crippen molar-refractivity contribution in [2.24, 2.45) is 15.7 Å². The lowest BCUT2D eigenvalue weighted by atomic mass is 10.1. The Hall–Kier alpha value is -1.63. The topological polar surface area (TPSA) is 112 Å². The Kier molecular flexibility index (Phi) is 1.14. The molecule has 0 aromatic heterocycles. The normalized spacial score (nSPS) is 38.2. The van der Waals surface area contributed by atoms with E-state index in [1.807, 2.05) is 0 Å². The highest BCUT2D eigenvalue weighted by atomic mass is 16.3. The third-order valence-electron chi connectivity index (χ3n) is 1.72. The molecule has 0 unspecified atom stereocenters. The molecule has 2 atom stereocenters. The molecule has 7 nitrogen and oxygen atoms in total. The van der Waals surface area contributed by atoms with E-state index in [4.69, 9.17) is 5.73 Å². The zero-order valence-electron chi connectivity index (χ0n) is 5.98. The predicted octanol–water partition coefficient (Wildman–Crippen LogP) is -2.92. The summed E-state index contributed by atoms with van der Waals surface area (Å²) < 4.78 is 0. The quantitative estimate of drug-likeness (QED) is 0.311. The maximum absolute atomic E-state index is 11.1. The van der Waals surface area contributed by atoms with Crippen molar-refractivity contribution < 1.29 is 9.90 Å². The zero-order chi connectivity index (χ0) is 8.77. The maximum atomic E-state index is 11.1. The molecule has 0 saturated heterocycles. The maximum Gasteiger partial charge on any atom is 0.284 e. The molecule has 2 aliphatic heterocycles. The second-order valence-corrected chi connectivity index (χ2v) is 2.53. The molecule has 0 aromatic carbocycles. The number of nitrogens with one attached hydrogen (secondary N) is 2. The van der Waals surface area contributed by atoms with E-state index in [-0.39, 0.29) is 5.96 Å². The van der Waals surface area contributed by atoms with Gasteiger partial charge in [0.05, 0.1) is 6.34 Å². The molecule has 0 saturated carbocycles. The fourth-order valence-electron chi connectivity index (χ4n) is 1.07. The first kappa shape index (κ1) is 7.04. The second kappa shape index (κ2) is 1.95. The van der Waals surface area contributed by atoms with Crippen molar-refractivity contribution in [3.05, 3.63) is 0 Å². The van der Waals surface area contributed by atoms with Gasteiger partial charge in [-0.1, -0.05) is 0 Å². The number of aliphatic hydroxyl groups is 1. The first-order chi connectivity index (χ1) is 5.63. The fourth-order valence-corrected chi connectivity index (χ4v) is 1.07. The number of fused-ring (bicyclic) bond motifs is 1. The summed E-state index contributed by atoms with van der Waals surface area (Å²) in [6, 6.07) is 0. The number of carbonyl (C=O) groups is 1. The van der Waals surface area contributed by atoms with E-state index in [2.05, 4.69) is 20.6 Å². The zero-order valence-corrected chi connectivity index (χ0v) is 5.98. The van der Waals surface area contributed by atoms with Crippen LogP contribution in [0.4, 0.5) is 0 Å². The summed E-state index contributed by atoms with van der Waals surface area (Å²) in [5, 5.41) is 14.2. The van der Waals surface area contributed by atoms with E-state index in [9.17, 15) is 9.90 Å². The van der Waals surface area contributed by atoms with Gasteiger partial charge in [0.2, 0.25) is 6.17 Å². The van der Waals surface area contributed by atoms with Crippen molar-refractivity contribution >= 4 is 18.2 Å². The number of hydrogen-bond donors (Lipinski definition) is 4. The Morgan fingerprint density at radius 3 is 3.25 bits per heavy atom. The van der Waals surface area contributed by atoms with E-state index in [0.717, 1.165) is 0 Å². The number of nitrogens with two attached hydrogens (primary N) is 1. The summed E-state index contributed by atoms with van der Waals surface area (Å²) in [5.41, 5.74) is 3.48. The standard InChI is InChI=1S/C5H7N5O2/c6-4-9-2-5(12,3(11)10-4)8-1-7-2/h1-2,12H,(H,7,8)(H3,6,9,10,11)/t2-,5-/m0/s1. The van der Waals surface area contributed by atoms with Crippen LogP contribution in [0.3, 0.4) is 0 Å². The molecule has 2 rings (SSSR count). The molecule has 12 heavy (non-hydrogen) atoms. The van der Waals surface area contributed by atoms with Crippen LogP contribution < -0.4 is 16.4 Å². The Morgan fingerprint density at radius 2 is 2.50 bits per heavy atom. The number of carbonyl (C=O) groups excluding carboxylic acids is 1. The van der Waals surface area contributed by atoms with Gasteiger partial charge in [0, 0.05) is 0 Å². The van der Waals surface area contributed by atoms with Crippen molar-refractivity contribution in [3.8, 4) is 0 Å². The van der Waals surface area contributed by atoms with Crippen LogP contribution in [-0.2, 0) is 4.79 Å². The third-order valence-corrected chi connectivity index (χ3v) is 1.72. The monoisotopic (exact) mass is 169 g/mol. The molecule has 0 bridgehead atoms. The predicted molar refractivity (Wildman–Crippen MR) is 40.1 cm³/mol. The summed E-state index contributed by atoms with van der Waals surface area (Å²) in [4.78, 5) is 18.6. The highest BCUT2D eigenvalue weighted by Crippen LogP contribution is 2.18. The smallest absolute Gasteiger partial charge is 0.284 e. The molecular weight excluding hydrogens is 162 g/mol. The van der Waals surface area contributed by atoms with Gasteiger partial charge in [-0.2, -0.15) is 0 Å². The van der Waals surface area contributed by atoms with Gasteiger partial charge in [0.25, 0.3) is 11.6 Å². The number of aliphatic imine (C=N–C) groups is 2. The van der Waals surface area contributed by atoms with Crippen LogP contribution in [0.2, 0.25) is 0 Å². The number of nitrogens with zero attached hydrogens (tertiary/aromatic N) is 2. The van der Waals surface area contributed by atoms with E-state index in [0.29, 0.717) is 0 Å². The van der Waals surface area contributed by atoms with Gasteiger partial charge >= 0.3 is 0 Å². The summed E-state index contributed by atoms with van der Waals surface area (Å²) in [5.74, 6) is -0.673. The lowest BCUT2D eigenvalue weighted by Gasteiger charge is -2.28. The van der Waals surface area contributed by atoms with Crippen LogP contribution in [0.15, 0.2) is 9.98 Å². The molecule has 0 fully saturated rings. The van der Waals surface area contributed by atoms with Crippen LogP contribution >= 0.6 is 0 Å². The van der Waals surface area contributed by atoms with E-state index in [1.165, 1.54) is 6.34 Å². The Morgan fingerprint density at radius 1 is 1.75 bits per heavy atom. The molecule has 0 radical (unpaired) electrons. The third kappa shape index (κ3) is 0.706. The van der Waals surface area contributed by atoms with Crippen molar-refractivity contribution in [1.82, 2.24) is 10.6 Å². The minimum atomic E-state index is -1.76. The van der Waals surface area contributed by atoms with Gasteiger partial charge in [-0.15, -0.1) is 0 Å². The average Bonchev–Trinajstić information content (AvgIpc) is 2.33. The molecule has 0 aromatic rings. The lowest BCUT2D eigenvalue weighted by molar-refractivity contribution is -0.141. The van der Waals surface area contributed by atoms with Crippen molar-refractivity contribution in [1.29, 1.82) is 0 Å². The van der Waals surface area contributed by atoms with Crippen LogP contribution in [0.5, 0.6) is 0 Å². The first-order valence-electron chi connectivity index (χ1n) is 3.29.